The fourth-order valence-electron chi connectivity index (χ4n) is 2.52. The van der Waals surface area contributed by atoms with Gasteiger partial charge in [-0.25, -0.2) is 13.5 Å². The van der Waals surface area contributed by atoms with Gasteiger partial charge in [-0.3, -0.25) is 5.32 Å². The second kappa shape index (κ2) is 6.39. The summed E-state index contributed by atoms with van der Waals surface area (Å²) in [6.07, 6.45) is 0. The Morgan fingerprint density at radius 1 is 1.00 bits per heavy atom. The topological polar surface area (TPSA) is 75.1 Å². The van der Waals surface area contributed by atoms with E-state index in [0.29, 0.717) is 27.3 Å². The van der Waals surface area contributed by atoms with E-state index in [4.69, 9.17) is 4.74 Å². The predicted molar refractivity (Wildman–Crippen MR) is 86.8 cm³/mol. The molecule has 0 saturated carbocycles. The minimum atomic E-state index is -1.19. The Hall–Kier alpha value is -3.16. The number of nitrogens with one attached hydrogen (secondary N) is 1. The number of ether oxygens (including phenoxy) is 1. The van der Waals surface area contributed by atoms with Crippen molar-refractivity contribution in [3.63, 3.8) is 0 Å². The number of fused-ring (bicyclic) bond motifs is 1. The van der Waals surface area contributed by atoms with Crippen LogP contribution >= 0.6 is 0 Å². The van der Waals surface area contributed by atoms with Crippen molar-refractivity contribution in [1.82, 2.24) is 0 Å². The van der Waals surface area contributed by atoms with Crippen molar-refractivity contribution in [3.05, 3.63) is 69.7 Å². The fraction of sp³-hybridized carbons (Fsp3) is 0.176. The quantitative estimate of drug-likeness (QED) is 0.580. The molecule has 0 bridgehead atoms. The maximum absolute atomic E-state index is 13.4. The molecule has 0 atom stereocenters. The summed E-state index contributed by atoms with van der Waals surface area (Å²) in [7, 11) is 1.56. The molecule has 0 aliphatic rings. The number of nitrogens with zero attached hydrogens (tertiary/aromatic N) is 2. The van der Waals surface area contributed by atoms with Crippen LogP contribution in [0.25, 0.3) is 11.0 Å². The average molecular weight is 347 g/mol. The van der Waals surface area contributed by atoms with Crippen molar-refractivity contribution < 1.29 is 23.0 Å². The van der Waals surface area contributed by atoms with Crippen LogP contribution in [0.15, 0.2) is 36.4 Å². The first-order chi connectivity index (χ1) is 11.9. The monoisotopic (exact) mass is 347 g/mol. The standard InChI is InChI=1S/C17H15F2N3O3/c1-10-17(20-9-11-3-5-12(25-2)6-4-11)22(24)16-8-14(19)13(18)7-15(16)21(10)23/h3-8,20H,9H2,1-2H3. The third kappa shape index (κ3) is 2.98. The molecule has 0 spiro atoms. The fourth-order valence-corrected chi connectivity index (χ4v) is 2.52. The third-order valence-corrected chi connectivity index (χ3v) is 3.92. The highest BCUT2D eigenvalue weighted by Crippen LogP contribution is 2.18. The van der Waals surface area contributed by atoms with Gasteiger partial charge in [-0.1, -0.05) is 12.1 Å². The number of hydrogen-bond donors (Lipinski definition) is 1. The van der Waals surface area contributed by atoms with Gasteiger partial charge in [0.2, 0.25) is 5.52 Å². The van der Waals surface area contributed by atoms with Gasteiger partial charge in [0.25, 0.3) is 11.2 Å². The van der Waals surface area contributed by atoms with Crippen LogP contribution in [0.1, 0.15) is 11.3 Å². The smallest absolute Gasteiger partial charge is 0.348 e. The number of rotatable bonds is 4. The first-order valence-corrected chi connectivity index (χ1v) is 7.43. The van der Waals surface area contributed by atoms with E-state index in [1.807, 2.05) is 0 Å². The number of hydrogen-bond acceptors (Lipinski definition) is 4. The van der Waals surface area contributed by atoms with Crippen LogP contribution in [0.2, 0.25) is 0 Å². The molecule has 0 aliphatic heterocycles. The average Bonchev–Trinajstić information content (AvgIpc) is 2.62. The van der Waals surface area contributed by atoms with Crippen molar-refractivity contribution in [2.24, 2.45) is 0 Å². The van der Waals surface area contributed by atoms with Crippen molar-refractivity contribution in [1.29, 1.82) is 0 Å². The summed E-state index contributed by atoms with van der Waals surface area (Å²) in [5.74, 6) is -1.71. The van der Waals surface area contributed by atoms with Crippen LogP contribution in [0.4, 0.5) is 14.6 Å². The van der Waals surface area contributed by atoms with Crippen LogP contribution in [-0.2, 0) is 6.54 Å². The molecule has 1 aromatic heterocycles. The Balaban J connectivity index is 1.99. The number of anilines is 1. The van der Waals surface area contributed by atoms with E-state index in [1.54, 1.807) is 31.4 Å². The van der Waals surface area contributed by atoms with E-state index in [0.717, 1.165) is 5.56 Å². The predicted octanol–water partition coefficient (Wildman–Crippen LogP) is 2.31. The number of halogens is 2. The first-order valence-electron chi connectivity index (χ1n) is 7.43. The molecule has 25 heavy (non-hydrogen) atoms. The molecule has 1 N–H and O–H groups in total. The molecular formula is C17H15F2N3O3. The summed E-state index contributed by atoms with van der Waals surface area (Å²) in [6.45, 7) is 1.70. The molecule has 6 nitrogen and oxygen atoms in total. The second-order valence-electron chi connectivity index (χ2n) is 5.48. The lowest BCUT2D eigenvalue weighted by Crippen LogP contribution is -2.43. The number of benzene rings is 2. The van der Waals surface area contributed by atoms with Crippen molar-refractivity contribution in [2.75, 3.05) is 12.4 Å². The zero-order chi connectivity index (χ0) is 18.1. The van der Waals surface area contributed by atoms with Crippen LogP contribution in [0, 0.1) is 29.0 Å². The number of methoxy groups -OCH3 is 1. The zero-order valence-electron chi connectivity index (χ0n) is 13.5. The Morgan fingerprint density at radius 2 is 1.56 bits per heavy atom. The van der Waals surface area contributed by atoms with Gasteiger partial charge in [-0.15, -0.1) is 0 Å². The minimum absolute atomic E-state index is 0.0238. The molecule has 0 radical (unpaired) electrons. The van der Waals surface area contributed by atoms with Gasteiger partial charge in [0.15, 0.2) is 11.6 Å². The van der Waals surface area contributed by atoms with Crippen LogP contribution in [0.5, 0.6) is 5.75 Å². The molecule has 0 fully saturated rings. The molecule has 130 valence electrons. The van der Waals surface area contributed by atoms with Gasteiger partial charge in [-0.2, -0.15) is 4.73 Å². The lowest BCUT2D eigenvalue weighted by Gasteiger charge is -2.14. The molecule has 0 aliphatic carbocycles. The SMILES string of the molecule is COc1ccc(CNc2c(C)[n+]([O-])c3cc(F)c(F)cc3[n+]2[O-])cc1. The maximum atomic E-state index is 13.4. The maximum Gasteiger partial charge on any atom is 0.348 e. The highest BCUT2D eigenvalue weighted by molar-refractivity contribution is 5.69. The second-order valence-corrected chi connectivity index (χ2v) is 5.48. The minimum Gasteiger partial charge on any atom is -0.710 e. The van der Waals surface area contributed by atoms with E-state index < -0.39 is 11.6 Å². The van der Waals surface area contributed by atoms with Gasteiger partial charge in [0.1, 0.15) is 12.3 Å². The Kier molecular flexibility index (Phi) is 4.26. The highest BCUT2D eigenvalue weighted by atomic mass is 19.2. The summed E-state index contributed by atoms with van der Waals surface area (Å²) >= 11 is 0. The lowest BCUT2D eigenvalue weighted by atomic mass is 10.2. The molecular weight excluding hydrogens is 332 g/mol. The van der Waals surface area contributed by atoms with E-state index in [2.05, 4.69) is 5.32 Å². The zero-order valence-corrected chi connectivity index (χ0v) is 13.5. The Morgan fingerprint density at radius 3 is 2.12 bits per heavy atom. The number of aromatic nitrogens is 2. The van der Waals surface area contributed by atoms with Crippen LogP contribution < -0.4 is 19.5 Å². The summed E-state index contributed by atoms with van der Waals surface area (Å²) < 4.78 is 32.7. The summed E-state index contributed by atoms with van der Waals surface area (Å²) in [5.41, 5.74) is 0.420. The van der Waals surface area contributed by atoms with Gasteiger partial charge in [-0.05, 0) is 17.7 Å². The normalized spacial score (nSPS) is 10.9. The molecule has 8 heteroatoms. The van der Waals surface area contributed by atoms with Crippen molar-refractivity contribution >= 4 is 16.9 Å². The van der Waals surface area contributed by atoms with Gasteiger partial charge >= 0.3 is 5.82 Å². The molecule has 0 saturated heterocycles. The molecule has 0 unspecified atom stereocenters. The lowest BCUT2D eigenvalue weighted by molar-refractivity contribution is -0.623. The van der Waals surface area contributed by atoms with Gasteiger partial charge < -0.3 is 15.2 Å². The highest BCUT2D eigenvalue weighted by Gasteiger charge is 2.24. The van der Waals surface area contributed by atoms with E-state index in [-0.39, 0.29) is 29.1 Å². The molecule has 3 aromatic rings. The van der Waals surface area contributed by atoms with Gasteiger partial charge in [0.05, 0.1) is 13.2 Å². The van der Waals surface area contributed by atoms with Crippen molar-refractivity contribution in [2.45, 2.75) is 13.5 Å². The summed E-state index contributed by atoms with van der Waals surface area (Å²) in [5, 5.41) is 27.6. The summed E-state index contributed by atoms with van der Waals surface area (Å²) in [4.78, 5) is 0. The van der Waals surface area contributed by atoms with E-state index in [9.17, 15) is 19.2 Å². The largest absolute Gasteiger partial charge is 0.710 e. The molecule has 1 heterocycles. The van der Waals surface area contributed by atoms with Crippen LogP contribution in [0.3, 0.4) is 0 Å². The van der Waals surface area contributed by atoms with E-state index in [1.165, 1.54) is 6.92 Å². The third-order valence-electron chi connectivity index (χ3n) is 3.92. The van der Waals surface area contributed by atoms with E-state index >= 15 is 0 Å². The van der Waals surface area contributed by atoms with Gasteiger partial charge in [0, 0.05) is 13.0 Å². The van der Waals surface area contributed by atoms with Crippen molar-refractivity contribution in [3.8, 4) is 5.75 Å². The molecule has 2 aromatic carbocycles. The Bertz CT molecular complexity index is 947. The first kappa shape index (κ1) is 16.7. The Labute approximate surface area is 142 Å². The summed E-state index contributed by atoms with van der Waals surface area (Å²) in [6, 6.07) is 8.56. The molecule has 0 amide bonds. The van der Waals surface area contributed by atoms with Crippen LogP contribution in [-0.4, -0.2) is 7.11 Å². The molecule has 3 rings (SSSR count).